The van der Waals surface area contributed by atoms with Crippen LogP contribution in [0, 0.1) is 0 Å². The number of hydrogen-bond donors (Lipinski definition) is 3. The molecule has 0 aliphatic heterocycles. The number of sulfonamides is 1. The minimum absolute atomic E-state index is 0.288. The summed E-state index contributed by atoms with van der Waals surface area (Å²) in [4.78, 5) is 10.7. The van der Waals surface area contributed by atoms with Gasteiger partial charge in [-0.3, -0.25) is 0 Å². The van der Waals surface area contributed by atoms with Gasteiger partial charge >= 0.3 is 5.97 Å². The Morgan fingerprint density at radius 1 is 1.52 bits per heavy atom. The lowest BCUT2D eigenvalue weighted by atomic mass is 10.1. The van der Waals surface area contributed by atoms with Gasteiger partial charge in [-0.25, -0.2) is 18.3 Å². The van der Waals surface area contributed by atoms with Gasteiger partial charge in [0.25, 0.3) is 1.43 Å². The number of carbonyl (C=O) groups is 1. The second-order valence-corrected chi connectivity index (χ2v) is 5.50. The van der Waals surface area contributed by atoms with Crippen molar-refractivity contribution in [1.29, 1.82) is 1.43 Å². The van der Waals surface area contributed by atoms with Gasteiger partial charge in [0.1, 0.15) is 13.5 Å². The first-order chi connectivity index (χ1) is 19.2. The molecule has 0 bridgehead atoms. The zero-order chi connectivity index (χ0) is 33.8. The molecule has 134 valence electrons. The predicted octanol–water partition coefficient (Wildman–Crippen LogP) is 3.04. The fraction of sp³-hybridized carbons (Fsp3) is 0.235. The third kappa shape index (κ3) is 4.94. The van der Waals surface area contributed by atoms with Crippen molar-refractivity contribution >= 4 is 21.7 Å². The van der Waals surface area contributed by atoms with Crippen molar-refractivity contribution in [1.82, 2.24) is 0 Å². The first-order valence-corrected chi connectivity index (χ1v) is 7.58. The number of hydrogen-bond acceptors (Lipinski definition) is 6. The first kappa shape index (κ1) is 6.00. The second-order valence-electron chi connectivity index (χ2n) is 4.11. The fourth-order valence-electron chi connectivity index (χ4n) is 1.59. The first-order valence-electron chi connectivity index (χ1n) is 14.9. The van der Waals surface area contributed by atoms with Crippen LogP contribution < -0.4 is 15.2 Å². The molecular formula is C17H20N2O5S. The highest BCUT2D eigenvalue weighted by Gasteiger charge is 2.23. The molecule has 0 saturated heterocycles. The number of benzene rings is 2. The van der Waals surface area contributed by atoms with E-state index < -0.39 is 110 Å². The van der Waals surface area contributed by atoms with Gasteiger partial charge in [0.15, 0.2) is 7.16 Å². The fourth-order valence-corrected chi connectivity index (χ4v) is 2.25. The van der Waals surface area contributed by atoms with Crippen LogP contribution in [0.1, 0.15) is 49.1 Å². The number of aromatic carboxylic acids is 1. The summed E-state index contributed by atoms with van der Waals surface area (Å²) in [6.45, 7) is -7.98. The van der Waals surface area contributed by atoms with E-state index in [4.69, 9.17) is 29.6 Å². The third-order valence-corrected chi connectivity index (χ3v) is 3.38. The molecule has 4 N–H and O–H groups in total. The van der Waals surface area contributed by atoms with E-state index in [-0.39, 0.29) is 6.07 Å². The lowest BCUT2D eigenvalue weighted by Gasteiger charge is -2.17. The van der Waals surface area contributed by atoms with Gasteiger partial charge in [-0.15, -0.1) is 0 Å². The number of nitrogens with two attached hydrogens (primary N) is 1. The molecule has 0 atom stereocenters. The largest absolute Gasteiger partial charge is 0.478 e. The number of carboxylic acids is 1. The highest BCUT2D eigenvalue weighted by Crippen LogP contribution is 2.37. The Bertz CT molecular complexity index is 1520. The second kappa shape index (κ2) is 8.00. The van der Waals surface area contributed by atoms with Gasteiger partial charge in [-0.1, -0.05) is 31.4 Å². The Morgan fingerprint density at radius 2 is 2.32 bits per heavy atom. The molecule has 0 aliphatic carbocycles. The summed E-state index contributed by atoms with van der Waals surface area (Å²) in [6.07, 6.45) is -8.23. The molecule has 2 rings (SSSR count). The van der Waals surface area contributed by atoms with Crippen molar-refractivity contribution in [2.75, 3.05) is 11.8 Å². The monoisotopic (exact) mass is 382 g/mol. The molecule has 0 heterocycles. The maximum atomic E-state index is 13.0. The van der Waals surface area contributed by atoms with E-state index in [9.17, 15) is 13.2 Å². The number of primary sulfonamides is 1. The molecule has 7 nitrogen and oxygen atoms in total. The number of rotatable bonds is 9. The van der Waals surface area contributed by atoms with E-state index >= 15 is 0 Å². The van der Waals surface area contributed by atoms with Crippen LogP contribution in [-0.2, 0) is 10.0 Å². The summed E-state index contributed by atoms with van der Waals surface area (Å²) < 4.78 is 171. The average molecular weight is 383 g/mol. The highest BCUT2D eigenvalue weighted by atomic mass is 32.2. The lowest BCUT2D eigenvalue weighted by molar-refractivity contribution is 0.0696. The molecule has 0 radical (unpaired) electrons. The van der Waals surface area contributed by atoms with Crippen molar-refractivity contribution in [3.8, 4) is 11.5 Å². The third-order valence-electron chi connectivity index (χ3n) is 2.52. The van der Waals surface area contributed by atoms with Crippen molar-refractivity contribution in [2.24, 2.45) is 5.13 Å². The Balaban J connectivity index is 3.15. The van der Waals surface area contributed by atoms with Crippen molar-refractivity contribution in [3.05, 3.63) is 47.9 Å². The number of ether oxygens (including phenoxy) is 1. The lowest BCUT2D eigenvalue weighted by Crippen LogP contribution is -2.16. The molecular weight excluding hydrogens is 344 g/mol. The van der Waals surface area contributed by atoms with E-state index in [0.29, 0.717) is 6.07 Å². The highest BCUT2D eigenvalue weighted by molar-refractivity contribution is 7.89. The van der Waals surface area contributed by atoms with Gasteiger partial charge in [0, 0.05) is 18.8 Å². The summed E-state index contributed by atoms with van der Waals surface area (Å²) in [5, 5.41) is 2.13. The van der Waals surface area contributed by atoms with Gasteiger partial charge in [-0.2, -0.15) is 0 Å². The van der Waals surface area contributed by atoms with E-state index in [1.807, 2.05) is 0 Å². The van der Waals surface area contributed by atoms with E-state index in [1.165, 1.54) is 0 Å². The van der Waals surface area contributed by atoms with E-state index in [0.717, 1.165) is 0 Å². The molecule has 2 aromatic carbocycles. The summed E-state index contributed by atoms with van der Waals surface area (Å²) in [5.74, 6) is -4.33. The Kier molecular flexibility index (Phi) is 1.92. The van der Waals surface area contributed by atoms with Gasteiger partial charge in [0.2, 0.25) is 10.0 Å². The molecule has 25 heavy (non-hydrogen) atoms. The Hall–Kier alpha value is -2.58. The van der Waals surface area contributed by atoms with Gasteiger partial charge in [-0.05, 0) is 30.6 Å². The van der Waals surface area contributed by atoms with Crippen LogP contribution in [0.2, 0.25) is 4.24 Å². The van der Waals surface area contributed by atoms with Crippen molar-refractivity contribution in [3.63, 3.8) is 0 Å². The summed E-state index contributed by atoms with van der Waals surface area (Å²) >= 11 is 0. The van der Waals surface area contributed by atoms with Crippen LogP contribution in [0.15, 0.2) is 47.2 Å². The van der Waals surface area contributed by atoms with Gasteiger partial charge < -0.3 is 15.2 Å². The Morgan fingerprint density at radius 3 is 3.00 bits per heavy atom. The molecule has 0 amide bonds. The maximum absolute atomic E-state index is 13.0. The van der Waals surface area contributed by atoms with Crippen molar-refractivity contribution in [2.45, 2.75) is 24.5 Å². The minimum atomic E-state index is -5.51. The minimum Gasteiger partial charge on any atom is -0.478 e. The smallest absolute Gasteiger partial charge is 0.335 e. The number of nitrogens with one attached hydrogen (secondary N) is 1. The van der Waals surface area contributed by atoms with E-state index in [1.54, 1.807) is 0 Å². The summed E-state index contributed by atoms with van der Waals surface area (Å²) in [6, 6.07) is -4.63. The average Bonchev–Trinajstić information content (AvgIpc) is 2.90. The normalized spacial score (nSPS) is 23.7. The molecule has 0 saturated carbocycles. The maximum Gasteiger partial charge on any atom is 0.335 e. The van der Waals surface area contributed by atoms with Crippen LogP contribution in [0.5, 0.6) is 11.5 Å². The van der Waals surface area contributed by atoms with Crippen LogP contribution >= 0.6 is 0 Å². The van der Waals surface area contributed by atoms with Gasteiger partial charge in [0.05, 0.1) is 18.1 Å². The number of anilines is 1. The zero-order valence-electron chi connectivity index (χ0n) is 30.0. The zero-order valence-corrected chi connectivity index (χ0v) is 12.8. The SMILES string of the molecule is [2H]OC(=O)c1cc(N([2H])C([2H])([2H])C([2H])([2H])C([2H])([2H])C([2H])([2H])[2H])c(Oc2c([2H])c([2H])c([2H])c([2H])c2[2H])c(S(=O)(=O)N([2H])[2H])c1. The molecule has 0 spiro atoms. The predicted molar refractivity (Wildman–Crippen MR) is 94.7 cm³/mol. The molecule has 0 aliphatic rings. The standard InChI is InChI=1S/C17H20N2O5S/c1-2-3-9-19-14-10-12(17(20)21)11-15(25(18,22)23)16(14)24-13-7-5-4-6-8-13/h4-8,10-11,19H,2-3,9H2,1H3,(H,20,21)(H2,18,22,23)/i1D3,2D2,3D2,4D,5D,6D,7D,8D,9D2/hD4. The Labute approximate surface area is 172 Å². The van der Waals surface area contributed by atoms with Crippen molar-refractivity contribution < 1.29 is 46.5 Å². The van der Waals surface area contributed by atoms with Crippen LogP contribution in [0.3, 0.4) is 0 Å². The molecule has 0 aromatic heterocycles. The van der Waals surface area contributed by atoms with Crippen LogP contribution in [-0.4, -0.2) is 26.0 Å². The molecule has 8 heteroatoms. The molecule has 0 fully saturated rings. The topological polar surface area (TPSA) is 119 Å². The van der Waals surface area contributed by atoms with Crippen LogP contribution in [0.4, 0.5) is 5.69 Å². The van der Waals surface area contributed by atoms with E-state index in [2.05, 4.69) is 5.11 Å². The number of carboxylic acid groups (broad SMARTS) is 1. The van der Waals surface area contributed by atoms with Crippen LogP contribution in [0.25, 0.3) is 1.43 Å². The summed E-state index contributed by atoms with van der Waals surface area (Å²) in [5.41, 5.74) is -2.43. The molecule has 0 unspecified atom stereocenters. The summed E-state index contributed by atoms with van der Waals surface area (Å²) in [7, 11) is -5.51. The quantitative estimate of drug-likeness (QED) is 0.613. The molecule has 2 aromatic rings. The number of para-hydroxylation sites is 1.